The third kappa shape index (κ3) is 2.81. The SMILES string of the molecule is N#CCCCS(=O)c1nc2ccc(N)cc2s1. The number of nitrogens with two attached hydrogens (primary N) is 1. The average molecular weight is 265 g/mol. The second kappa shape index (κ2) is 5.25. The Balaban J connectivity index is 2.19. The van der Waals surface area contributed by atoms with Crippen LogP contribution in [0.1, 0.15) is 12.8 Å². The maximum Gasteiger partial charge on any atom is 0.181 e. The molecular weight excluding hydrogens is 254 g/mol. The first-order valence-electron chi connectivity index (χ1n) is 5.12. The van der Waals surface area contributed by atoms with E-state index in [1.54, 1.807) is 6.07 Å². The van der Waals surface area contributed by atoms with Crippen molar-refractivity contribution in [3.63, 3.8) is 0 Å². The smallest absolute Gasteiger partial charge is 0.181 e. The summed E-state index contributed by atoms with van der Waals surface area (Å²) in [6.07, 6.45) is 1.07. The van der Waals surface area contributed by atoms with Gasteiger partial charge in [0, 0.05) is 17.9 Å². The molecule has 2 rings (SSSR count). The number of anilines is 1. The fourth-order valence-electron chi connectivity index (χ4n) is 1.39. The number of unbranched alkanes of at least 4 members (excludes halogenated alkanes) is 1. The normalized spacial score (nSPS) is 12.4. The minimum absolute atomic E-state index is 0.434. The maximum atomic E-state index is 11.9. The van der Waals surface area contributed by atoms with E-state index < -0.39 is 10.8 Å². The second-order valence-corrected chi connectivity index (χ2v) is 6.29. The zero-order valence-electron chi connectivity index (χ0n) is 9.05. The van der Waals surface area contributed by atoms with E-state index in [0.29, 0.717) is 28.6 Å². The van der Waals surface area contributed by atoms with Crippen molar-refractivity contribution in [3.8, 4) is 6.07 Å². The van der Waals surface area contributed by atoms with Gasteiger partial charge in [-0.05, 0) is 24.6 Å². The first-order valence-corrected chi connectivity index (χ1v) is 7.25. The number of nitriles is 1. The van der Waals surface area contributed by atoms with Crippen LogP contribution < -0.4 is 5.73 Å². The van der Waals surface area contributed by atoms with Crippen LogP contribution in [0.5, 0.6) is 0 Å². The van der Waals surface area contributed by atoms with Crippen molar-refractivity contribution in [1.82, 2.24) is 4.98 Å². The molecule has 0 spiro atoms. The van der Waals surface area contributed by atoms with Crippen LogP contribution in [0, 0.1) is 11.3 Å². The summed E-state index contributed by atoms with van der Waals surface area (Å²) in [6, 6.07) is 7.49. The van der Waals surface area contributed by atoms with E-state index in [4.69, 9.17) is 11.0 Å². The van der Waals surface area contributed by atoms with Gasteiger partial charge in [0.15, 0.2) is 4.34 Å². The fourth-order valence-corrected chi connectivity index (χ4v) is 3.80. The molecule has 1 aromatic heterocycles. The van der Waals surface area contributed by atoms with E-state index in [2.05, 4.69) is 4.98 Å². The highest BCUT2D eigenvalue weighted by Gasteiger charge is 2.10. The summed E-state index contributed by atoms with van der Waals surface area (Å²) in [7, 11) is -1.11. The highest BCUT2D eigenvalue weighted by atomic mass is 32.2. The highest BCUT2D eigenvalue weighted by Crippen LogP contribution is 2.26. The summed E-state index contributed by atoms with van der Waals surface area (Å²) in [5.41, 5.74) is 7.18. The summed E-state index contributed by atoms with van der Waals surface area (Å²) in [4.78, 5) is 4.31. The monoisotopic (exact) mass is 265 g/mol. The van der Waals surface area contributed by atoms with Gasteiger partial charge in [-0.2, -0.15) is 5.26 Å². The van der Waals surface area contributed by atoms with Crippen LogP contribution >= 0.6 is 11.3 Å². The number of benzene rings is 1. The molecule has 88 valence electrons. The number of nitrogens with zero attached hydrogens (tertiary/aromatic N) is 2. The van der Waals surface area contributed by atoms with Crippen molar-refractivity contribution in [2.45, 2.75) is 17.2 Å². The van der Waals surface area contributed by atoms with Gasteiger partial charge >= 0.3 is 0 Å². The van der Waals surface area contributed by atoms with Crippen LogP contribution in [0.25, 0.3) is 10.2 Å². The molecule has 0 saturated carbocycles. The van der Waals surface area contributed by atoms with E-state index in [1.165, 1.54) is 11.3 Å². The van der Waals surface area contributed by atoms with Crippen molar-refractivity contribution in [2.75, 3.05) is 11.5 Å². The Hall–Kier alpha value is -1.45. The van der Waals surface area contributed by atoms with Crippen molar-refractivity contribution in [2.24, 2.45) is 0 Å². The molecule has 17 heavy (non-hydrogen) atoms. The Morgan fingerprint density at radius 3 is 3.12 bits per heavy atom. The van der Waals surface area contributed by atoms with Gasteiger partial charge in [-0.15, -0.1) is 11.3 Å². The first kappa shape index (κ1) is 12.0. The predicted octanol–water partition coefficient (Wildman–Crippen LogP) is 2.29. The van der Waals surface area contributed by atoms with Gasteiger partial charge in [-0.25, -0.2) is 4.98 Å². The van der Waals surface area contributed by atoms with E-state index >= 15 is 0 Å². The second-order valence-electron chi connectivity index (χ2n) is 3.52. The lowest BCUT2D eigenvalue weighted by molar-refractivity contribution is 0.680. The molecule has 0 bridgehead atoms. The maximum absolute atomic E-state index is 11.9. The van der Waals surface area contributed by atoms with Crippen molar-refractivity contribution in [3.05, 3.63) is 18.2 Å². The zero-order chi connectivity index (χ0) is 12.3. The molecule has 4 nitrogen and oxygen atoms in total. The van der Waals surface area contributed by atoms with Gasteiger partial charge in [-0.3, -0.25) is 4.21 Å². The number of fused-ring (bicyclic) bond motifs is 1. The Morgan fingerprint density at radius 2 is 2.35 bits per heavy atom. The van der Waals surface area contributed by atoms with Gasteiger partial charge in [-0.1, -0.05) is 0 Å². The Morgan fingerprint density at radius 1 is 1.53 bits per heavy atom. The molecule has 0 radical (unpaired) electrons. The minimum atomic E-state index is -1.11. The lowest BCUT2D eigenvalue weighted by Crippen LogP contribution is -1.96. The molecule has 1 atom stereocenters. The third-order valence-corrected chi connectivity index (χ3v) is 4.97. The van der Waals surface area contributed by atoms with Gasteiger partial charge in [0.1, 0.15) is 0 Å². The Bertz CT molecular complexity index is 600. The largest absolute Gasteiger partial charge is 0.399 e. The van der Waals surface area contributed by atoms with E-state index in [9.17, 15) is 4.21 Å². The Labute approximate surface area is 106 Å². The van der Waals surface area contributed by atoms with Crippen LogP contribution in [-0.4, -0.2) is 14.9 Å². The molecular formula is C11H11N3OS2. The highest BCUT2D eigenvalue weighted by molar-refractivity contribution is 7.87. The molecule has 0 amide bonds. The van der Waals surface area contributed by atoms with Crippen molar-refractivity contribution < 1.29 is 4.21 Å². The average Bonchev–Trinajstić information content (AvgIpc) is 2.72. The Kier molecular flexibility index (Phi) is 3.71. The van der Waals surface area contributed by atoms with Crippen LogP contribution in [0.2, 0.25) is 0 Å². The molecule has 0 aliphatic heterocycles. The van der Waals surface area contributed by atoms with Gasteiger partial charge in [0.05, 0.1) is 27.1 Å². The first-order chi connectivity index (χ1) is 8.20. The predicted molar refractivity (Wildman–Crippen MR) is 70.2 cm³/mol. The summed E-state index contributed by atoms with van der Waals surface area (Å²) in [6.45, 7) is 0. The molecule has 2 N–H and O–H groups in total. The fraction of sp³-hybridized carbons (Fsp3) is 0.273. The summed E-state index contributed by atoms with van der Waals surface area (Å²) < 4.78 is 13.5. The standard InChI is InChI=1S/C11H11N3OS2/c12-5-1-2-6-17(15)11-14-9-4-3-8(13)7-10(9)16-11/h3-4,7H,1-2,6,13H2. The molecule has 0 fully saturated rings. The van der Waals surface area contributed by atoms with Crippen LogP contribution in [0.15, 0.2) is 22.5 Å². The van der Waals surface area contributed by atoms with Gasteiger partial charge in [0.25, 0.3) is 0 Å². The molecule has 6 heteroatoms. The molecule has 0 saturated heterocycles. The topological polar surface area (TPSA) is 79.8 Å². The number of nitrogen functional groups attached to an aromatic ring is 1. The molecule has 1 aromatic carbocycles. The minimum Gasteiger partial charge on any atom is -0.399 e. The molecule has 0 aliphatic carbocycles. The quantitative estimate of drug-likeness (QED) is 0.679. The molecule has 0 aliphatic rings. The number of thiazole rings is 1. The third-order valence-electron chi connectivity index (χ3n) is 2.21. The van der Waals surface area contributed by atoms with Gasteiger partial charge < -0.3 is 5.73 Å². The van der Waals surface area contributed by atoms with E-state index in [0.717, 1.165) is 10.2 Å². The number of hydrogen-bond acceptors (Lipinski definition) is 5. The summed E-state index contributed by atoms with van der Waals surface area (Å²) in [5, 5.41) is 8.42. The lowest BCUT2D eigenvalue weighted by atomic mass is 10.3. The van der Waals surface area contributed by atoms with Crippen molar-refractivity contribution >= 4 is 38.0 Å². The number of hydrogen-bond donors (Lipinski definition) is 1. The summed E-state index contributed by atoms with van der Waals surface area (Å²) >= 11 is 1.40. The summed E-state index contributed by atoms with van der Waals surface area (Å²) in [5.74, 6) is 0.489. The molecule has 2 aromatic rings. The molecule has 1 heterocycles. The number of aromatic nitrogens is 1. The van der Waals surface area contributed by atoms with Crippen LogP contribution in [0.4, 0.5) is 5.69 Å². The molecule has 1 unspecified atom stereocenters. The van der Waals surface area contributed by atoms with Crippen LogP contribution in [0.3, 0.4) is 0 Å². The number of rotatable bonds is 4. The van der Waals surface area contributed by atoms with E-state index in [1.807, 2.05) is 18.2 Å². The van der Waals surface area contributed by atoms with Crippen LogP contribution in [-0.2, 0) is 10.8 Å². The van der Waals surface area contributed by atoms with E-state index in [-0.39, 0.29) is 0 Å². The zero-order valence-corrected chi connectivity index (χ0v) is 10.7. The lowest BCUT2D eigenvalue weighted by Gasteiger charge is -1.93. The van der Waals surface area contributed by atoms with Gasteiger partial charge in [0.2, 0.25) is 0 Å². The van der Waals surface area contributed by atoms with Crippen molar-refractivity contribution in [1.29, 1.82) is 5.26 Å².